The molecule has 136 valence electrons. The van der Waals surface area contributed by atoms with Crippen LogP contribution in [0, 0.1) is 11.8 Å². The zero-order valence-corrected chi connectivity index (χ0v) is 14.9. The van der Waals surface area contributed by atoms with Crippen LogP contribution >= 0.6 is 0 Å². The van der Waals surface area contributed by atoms with Crippen molar-refractivity contribution in [2.75, 3.05) is 19.6 Å². The Bertz CT molecular complexity index is 611. The SMILES string of the molecule is CC(O)(CC(=O)N1CCCC(C(=O)NCC2CC2)C1)c1ccccc1. The van der Waals surface area contributed by atoms with Crippen molar-refractivity contribution in [1.82, 2.24) is 10.2 Å². The average molecular weight is 344 g/mol. The van der Waals surface area contributed by atoms with Gasteiger partial charge < -0.3 is 15.3 Å². The van der Waals surface area contributed by atoms with Gasteiger partial charge in [0.15, 0.2) is 0 Å². The third-order valence-corrected chi connectivity index (χ3v) is 5.30. The summed E-state index contributed by atoms with van der Waals surface area (Å²) >= 11 is 0. The quantitative estimate of drug-likeness (QED) is 0.830. The number of carbonyl (C=O) groups is 2. The van der Waals surface area contributed by atoms with Crippen molar-refractivity contribution >= 4 is 11.8 Å². The van der Waals surface area contributed by atoms with Crippen molar-refractivity contribution < 1.29 is 14.7 Å². The number of likely N-dealkylation sites (tertiary alicyclic amines) is 1. The molecule has 0 bridgehead atoms. The molecule has 25 heavy (non-hydrogen) atoms. The van der Waals surface area contributed by atoms with Crippen LogP contribution in [0.25, 0.3) is 0 Å². The lowest BCUT2D eigenvalue weighted by atomic mass is 9.90. The van der Waals surface area contributed by atoms with E-state index in [2.05, 4.69) is 5.32 Å². The largest absolute Gasteiger partial charge is 0.385 e. The molecule has 1 aliphatic carbocycles. The van der Waals surface area contributed by atoms with Gasteiger partial charge in [-0.3, -0.25) is 9.59 Å². The Labute approximate surface area is 149 Å². The Hall–Kier alpha value is -1.88. The van der Waals surface area contributed by atoms with Gasteiger partial charge >= 0.3 is 0 Å². The number of carbonyl (C=O) groups excluding carboxylic acids is 2. The summed E-state index contributed by atoms with van der Waals surface area (Å²) in [5.41, 5.74) is -0.460. The molecule has 3 rings (SSSR count). The Kier molecular flexibility index (Phi) is 5.42. The molecular weight excluding hydrogens is 316 g/mol. The first-order valence-corrected chi connectivity index (χ1v) is 9.29. The Morgan fingerprint density at radius 3 is 2.64 bits per heavy atom. The summed E-state index contributed by atoms with van der Waals surface area (Å²) in [5.74, 6) is 0.511. The highest BCUT2D eigenvalue weighted by Gasteiger charge is 2.33. The van der Waals surface area contributed by atoms with Gasteiger partial charge in [-0.2, -0.15) is 0 Å². The first kappa shape index (κ1) is 17.9. The molecule has 1 heterocycles. The van der Waals surface area contributed by atoms with Gasteiger partial charge in [0.1, 0.15) is 0 Å². The maximum absolute atomic E-state index is 12.7. The topological polar surface area (TPSA) is 69.6 Å². The minimum Gasteiger partial charge on any atom is -0.385 e. The van der Waals surface area contributed by atoms with Crippen LogP contribution in [-0.2, 0) is 15.2 Å². The van der Waals surface area contributed by atoms with Crippen LogP contribution < -0.4 is 5.32 Å². The lowest BCUT2D eigenvalue weighted by Crippen LogP contribution is -2.47. The van der Waals surface area contributed by atoms with Crippen molar-refractivity contribution in [3.8, 4) is 0 Å². The van der Waals surface area contributed by atoms with E-state index in [9.17, 15) is 14.7 Å². The number of aliphatic hydroxyl groups is 1. The first-order valence-electron chi connectivity index (χ1n) is 9.29. The smallest absolute Gasteiger partial charge is 0.225 e. The number of benzene rings is 1. The number of piperidine rings is 1. The zero-order chi connectivity index (χ0) is 17.9. The highest BCUT2D eigenvalue weighted by molar-refractivity contribution is 5.81. The van der Waals surface area contributed by atoms with E-state index in [1.54, 1.807) is 11.8 Å². The summed E-state index contributed by atoms with van der Waals surface area (Å²) in [5, 5.41) is 13.7. The molecule has 1 saturated heterocycles. The summed E-state index contributed by atoms with van der Waals surface area (Å²) in [6.45, 7) is 3.56. The van der Waals surface area contributed by atoms with E-state index >= 15 is 0 Å². The lowest BCUT2D eigenvalue weighted by Gasteiger charge is -2.34. The molecular formula is C20H28N2O3. The number of amides is 2. The zero-order valence-electron chi connectivity index (χ0n) is 14.9. The molecule has 1 aliphatic heterocycles. The van der Waals surface area contributed by atoms with Crippen LogP contribution in [0.4, 0.5) is 0 Å². The number of hydrogen-bond donors (Lipinski definition) is 2. The minimum absolute atomic E-state index is 0.0351. The maximum Gasteiger partial charge on any atom is 0.225 e. The fourth-order valence-electron chi connectivity index (χ4n) is 3.43. The molecule has 0 aromatic heterocycles. The Morgan fingerprint density at radius 2 is 1.96 bits per heavy atom. The lowest BCUT2D eigenvalue weighted by molar-refractivity contribution is -0.139. The Morgan fingerprint density at radius 1 is 1.24 bits per heavy atom. The molecule has 2 amide bonds. The van der Waals surface area contributed by atoms with Gasteiger partial charge in [-0.05, 0) is 44.1 Å². The average Bonchev–Trinajstić information content (AvgIpc) is 3.44. The van der Waals surface area contributed by atoms with Crippen LogP contribution in [0.2, 0.25) is 0 Å². The molecule has 1 saturated carbocycles. The second kappa shape index (κ2) is 7.56. The summed E-state index contributed by atoms with van der Waals surface area (Å²) in [4.78, 5) is 26.7. The second-order valence-corrected chi connectivity index (χ2v) is 7.68. The number of nitrogens with one attached hydrogen (secondary N) is 1. The summed E-state index contributed by atoms with van der Waals surface area (Å²) in [7, 11) is 0. The van der Waals surface area contributed by atoms with Crippen LogP contribution in [0.15, 0.2) is 30.3 Å². The van der Waals surface area contributed by atoms with Crippen molar-refractivity contribution in [3.63, 3.8) is 0 Å². The molecule has 5 heteroatoms. The molecule has 1 aromatic carbocycles. The van der Waals surface area contributed by atoms with E-state index < -0.39 is 5.60 Å². The van der Waals surface area contributed by atoms with Gasteiger partial charge in [0.05, 0.1) is 17.9 Å². The van der Waals surface area contributed by atoms with E-state index in [4.69, 9.17) is 0 Å². The number of hydrogen-bond acceptors (Lipinski definition) is 3. The van der Waals surface area contributed by atoms with Crippen LogP contribution in [0.3, 0.4) is 0 Å². The van der Waals surface area contributed by atoms with E-state index in [1.165, 1.54) is 12.8 Å². The second-order valence-electron chi connectivity index (χ2n) is 7.68. The van der Waals surface area contributed by atoms with Gasteiger partial charge in [0.25, 0.3) is 0 Å². The van der Waals surface area contributed by atoms with Gasteiger partial charge in [0.2, 0.25) is 11.8 Å². The third kappa shape index (κ3) is 4.82. The molecule has 2 fully saturated rings. The minimum atomic E-state index is -1.19. The third-order valence-electron chi connectivity index (χ3n) is 5.30. The van der Waals surface area contributed by atoms with Crippen molar-refractivity contribution in [1.29, 1.82) is 0 Å². The van der Waals surface area contributed by atoms with Crippen LogP contribution in [0.1, 0.15) is 44.6 Å². The molecule has 1 aromatic rings. The summed E-state index contributed by atoms with van der Waals surface area (Å²) in [6, 6.07) is 9.26. The fraction of sp³-hybridized carbons (Fsp3) is 0.600. The van der Waals surface area contributed by atoms with Crippen molar-refractivity contribution in [3.05, 3.63) is 35.9 Å². The number of rotatable bonds is 6. The van der Waals surface area contributed by atoms with E-state index in [0.29, 0.717) is 19.0 Å². The van der Waals surface area contributed by atoms with Gasteiger partial charge in [0, 0.05) is 19.6 Å². The molecule has 5 nitrogen and oxygen atoms in total. The normalized spacial score (nSPS) is 23.0. The predicted octanol–water partition coefficient (Wildman–Crippen LogP) is 2.05. The maximum atomic E-state index is 12.7. The summed E-state index contributed by atoms with van der Waals surface area (Å²) in [6.07, 6.45) is 4.12. The molecule has 2 aliphatic rings. The molecule has 2 unspecified atom stereocenters. The van der Waals surface area contributed by atoms with E-state index in [1.807, 2.05) is 30.3 Å². The molecule has 0 spiro atoms. The van der Waals surface area contributed by atoms with E-state index in [-0.39, 0.29) is 24.2 Å². The molecule has 2 N–H and O–H groups in total. The van der Waals surface area contributed by atoms with Gasteiger partial charge in [-0.15, -0.1) is 0 Å². The predicted molar refractivity (Wildman–Crippen MR) is 95.7 cm³/mol. The molecule has 0 radical (unpaired) electrons. The Balaban J connectivity index is 1.55. The van der Waals surface area contributed by atoms with Crippen LogP contribution in [-0.4, -0.2) is 41.5 Å². The monoisotopic (exact) mass is 344 g/mol. The standard InChI is InChI=1S/C20H28N2O3/c1-20(25,17-7-3-2-4-8-17)12-18(23)22-11-5-6-16(14-22)19(24)21-13-15-9-10-15/h2-4,7-8,15-16,25H,5-6,9-14H2,1H3,(H,21,24). The van der Waals surface area contributed by atoms with Crippen LogP contribution in [0.5, 0.6) is 0 Å². The first-order chi connectivity index (χ1) is 12.0. The van der Waals surface area contributed by atoms with E-state index in [0.717, 1.165) is 24.9 Å². The van der Waals surface area contributed by atoms with Gasteiger partial charge in [-0.1, -0.05) is 30.3 Å². The highest BCUT2D eigenvalue weighted by atomic mass is 16.3. The number of nitrogens with zero attached hydrogens (tertiary/aromatic N) is 1. The van der Waals surface area contributed by atoms with Crippen molar-refractivity contribution in [2.24, 2.45) is 11.8 Å². The molecule has 2 atom stereocenters. The van der Waals surface area contributed by atoms with Crippen molar-refractivity contribution in [2.45, 2.75) is 44.6 Å². The van der Waals surface area contributed by atoms with Gasteiger partial charge in [-0.25, -0.2) is 0 Å². The fourth-order valence-corrected chi connectivity index (χ4v) is 3.43. The summed E-state index contributed by atoms with van der Waals surface area (Å²) < 4.78 is 0. The highest BCUT2D eigenvalue weighted by Crippen LogP contribution is 2.28.